The zero-order valence-corrected chi connectivity index (χ0v) is 24.0. The Morgan fingerprint density at radius 3 is 2.45 bits per heavy atom. The van der Waals surface area contributed by atoms with E-state index in [4.69, 9.17) is 16.3 Å². The zero-order valence-electron chi connectivity index (χ0n) is 23.2. The van der Waals surface area contributed by atoms with E-state index in [0.717, 1.165) is 29.6 Å². The molecule has 1 N–H and O–H groups in total. The molecule has 0 saturated carbocycles. The van der Waals surface area contributed by atoms with E-state index in [2.05, 4.69) is 20.1 Å². The highest BCUT2D eigenvalue weighted by molar-refractivity contribution is 6.36. The van der Waals surface area contributed by atoms with Gasteiger partial charge in [0.05, 0.1) is 29.7 Å². The quantitative estimate of drug-likeness (QED) is 0.199. The van der Waals surface area contributed by atoms with Crippen molar-refractivity contribution in [3.05, 3.63) is 118 Å². The molecule has 4 aromatic heterocycles. The Bertz CT molecular complexity index is 1960. The minimum Gasteiger partial charge on any atom is -0.481 e. The molecule has 6 aromatic rings. The number of benzene rings is 2. The number of fused-ring (bicyclic) bond motifs is 1. The summed E-state index contributed by atoms with van der Waals surface area (Å²) in [4.78, 5) is 12.2. The highest BCUT2D eigenvalue weighted by atomic mass is 35.5. The fourth-order valence-corrected chi connectivity index (χ4v) is 5.29. The van der Waals surface area contributed by atoms with Crippen molar-refractivity contribution >= 4 is 22.5 Å². The number of imidazole rings is 1. The molecule has 1 unspecified atom stereocenters. The molecule has 1 atom stereocenters. The van der Waals surface area contributed by atoms with E-state index in [0.29, 0.717) is 28.8 Å². The van der Waals surface area contributed by atoms with Crippen molar-refractivity contribution in [3.63, 3.8) is 0 Å². The van der Waals surface area contributed by atoms with Gasteiger partial charge in [-0.05, 0) is 42.0 Å². The Morgan fingerprint density at radius 2 is 1.82 bits per heavy atom. The van der Waals surface area contributed by atoms with Gasteiger partial charge in [0.1, 0.15) is 29.0 Å². The van der Waals surface area contributed by atoms with E-state index < -0.39 is 23.8 Å². The third-order valence-corrected chi connectivity index (χ3v) is 7.70. The van der Waals surface area contributed by atoms with Crippen molar-refractivity contribution in [1.82, 2.24) is 29.3 Å². The minimum absolute atomic E-state index is 0.0127. The second kappa shape index (κ2) is 11.4. The maximum absolute atomic E-state index is 15.5. The molecular weight excluding hydrogens is 600 g/mol. The first kappa shape index (κ1) is 29.3. The predicted octanol–water partition coefficient (Wildman–Crippen LogP) is 6.71. The van der Waals surface area contributed by atoms with Crippen LogP contribution in [-0.2, 0) is 19.6 Å². The first-order valence-corrected chi connectivity index (χ1v) is 13.6. The van der Waals surface area contributed by atoms with Gasteiger partial charge in [0.2, 0.25) is 5.88 Å². The molecule has 0 radical (unpaired) electrons. The number of aliphatic hydroxyl groups excluding tert-OH is 1. The monoisotopic (exact) mass is 622 g/mol. The lowest BCUT2D eigenvalue weighted by Crippen LogP contribution is -2.10. The van der Waals surface area contributed by atoms with Crippen LogP contribution in [0.5, 0.6) is 5.88 Å². The van der Waals surface area contributed by atoms with Gasteiger partial charge in [-0.25, -0.2) is 19.0 Å². The van der Waals surface area contributed by atoms with Crippen LogP contribution in [0.25, 0.3) is 28.0 Å². The first-order valence-electron chi connectivity index (χ1n) is 13.2. The van der Waals surface area contributed by atoms with Gasteiger partial charge in [-0.2, -0.15) is 18.3 Å². The molecule has 0 aliphatic carbocycles. The predicted molar refractivity (Wildman–Crippen MR) is 155 cm³/mol. The van der Waals surface area contributed by atoms with Gasteiger partial charge in [0.25, 0.3) is 0 Å². The maximum Gasteiger partial charge on any atom is 0.433 e. The minimum atomic E-state index is -4.60. The molecule has 0 aliphatic rings. The Morgan fingerprint density at radius 1 is 1.05 bits per heavy atom. The summed E-state index contributed by atoms with van der Waals surface area (Å²) < 4.78 is 63.0. The average molecular weight is 623 g/mol. The lowest BCUT2D eigenvalue weighted by Gasteiger charge is -2.15. The van der Waals surface area contributed by atoms with Gasteiger partial charge < -0.3 is 14.4 Å². The summed E-state index contributed by atoms with van der Waals surface area (Å²) in [5.74, 6) is -0.176. The SMILES string of the molecule is COc1nc2c(F)cc(-c3ncc(C(O)c4ccc(C(F)(F)F)nc4)n3C)cc2c(Cl)c1Cc1ccc(-n2cccn2)cc1. The molecule has 13 heteroatoms. The second-order valence-electron chi connectivity index (χ2n) is 10.0. The summed E-state index contributed by atoms with van der Waals surface area (Å²) in [6, 6.07) is 14.4. The average Bonchev–Trinajstić information content (AvgIpc) is 3.69. The second-order valence-corrected chi connectivity index (χ2v) is 10.4. The number of ether oxygens (including phenoxy) is 1. The smallest absolute Gasteiger partial charge is 0.433 e. The van der Waals surface area contributed by atoms with Crippen molar-refractivity contribution in [2.75, 3.05) is 7.11 Å². The van der Waals surface area contributed by atoms with Crippen LogP contribution in [-0.4, -0.2) is 41.5 Å². The van der Waals surface area contributed by atoms with Gasteiger partial charge in [-0.15, -0.1) is 0 Å². The fraction of sp³-hybridized carbons (Fsp3) is 0.161. The Labute approximate surface area is 253 Å². The van der Waals surface area contributed by atoms with E-state index in [1.807, 2.05) is 36.5 Å². The maximum atomic E-state index is 15.5. The summed E-state index contributed by atoms with van der Waals surface area (Å²) in [5.41, 5.74) is 2.06. The van der Waals surface area contributed by atoms with Crippen LogP contribution in [0.3, 0.4) is 0 Å². The largest absolute Gasteiger partial charge is 0.481 e. The number of hydrogen-bond donors (Lipinski definition) is 1. The highest BCUT2D eigenvalue weighted by Crippen LogP contribution is 2.38. The van der Waals surface area contributed by atoms with Crippen molar-refractivity contribution in [1.29, 1.82) is 0 Å². The van der Waals surface area contributed by atoms with Gasteiger partial charge in [0.15, 0.2) is 0 Å². The Kier molecular flexibility index (Phi) is 7.56. The third kappa shape index (κ3) is 5.38. The number of hydrogen-bond acceptors (Lipinski definition) is 6. The van der Waals surface area contributed by atoms with Crippen molar-refractivity contribution in [3.8, 4) is 23.0 Å². The van der Waals surface area contributed by atoms with Crippen LogP contribution >= 0.6 is 11.6 Å². The third-order valence-electron chi connectivity index (χ3n) is 7.27. The van der Waals surface area contributed by atoms with E-state index in [1.165, 1.54) is 23.9 Å². The van der Waals surface area contributed by atoms with E-state index in [1.54, 1.807) is 24.0 Å². The van der Waals surface area contributed by atoms with Crippen LogP contribution in [0, 0.1) is 5.82 Å². The van der Waals surface area contributed by atoms with Crippen molar-refractivity contribution in [2.45, 2.75) is 18.7 Å². The van der Waals surface area contributed by atoms with Gasteiger partial charge in [-0.3, -0.25) is 4.98 Å². The van der Waals surface area contributed by atoms with E-state index >= 15 is 4.39 Å². The summed E-state index contributed by atoms with van der Waals surface area (Å²) in [5, 5.41) is 15.7. The van der Waals surface area contributed by atoms with Crippen molar-refractivity contribution < 1.29 is 27.4 Å². The number of nitrogens with zero attached hydrogens (tertiary/aromatic N) is 6. The van der Waals surface area contributed by atoms with E-state index in [-0.39, 0.29) is 27.7 Å². The summed E-state index contributed by atoms with van der Waals surface area (Å²) >= 11 is 6.88. The van der Waals surface area contributed by atoms with E-state index in [9.17, 15) is 18.3 Å². The molecule has 0 saturated heterocycles. The summed E-state index contributed by atoms with van der Waals surface area (Å²) in [6.07, 6.45) is 0.281. The van der Waals surface area contributed by atoms with Gasteiger partial charge >= 0.3 is 6.18 Å². The van der Waals surface area contributed by atoms with Crippen LogP contribution in [0.1, 0.15) is 34.2 Å². The molecular formula is C31H23ClF4N6O2. The summed E-state index contributed by atoms with van der Waals surface area (Å²) in [6.45, 7) is 0. The summed E-state index contributed by atoms with van der Waals surface area (Å²) in [7, 11) is 3.04. The topological polar surface area (TPSA) is 90.9 Å². The van der Waals surface area contributed by atoms with Crippen LogP contribution in [0.15, 0.2) is 79.4 Å². The molecule has 44 heavy (non-hydrogen) atoms. The Hall–Kier alpha value is -4.81. The number of halogens is 5. The van der Waals surface area contributed by atoms with Crippen LogP contribution < -0.4 is 4.74 Å². The number of methoxy groups -OCH3 is 1. The standard InChI is InChI=1S/C31H23ClF4N6O2/c1-41-24(28(43)18-6-9-25(37-15-18)31(34,35)36)16-38-29(41)19-13-21-26(32)22(30(44-2)40-27(21)23(33)14-19)12-17-4-7-20(8-5-17)42-11-3-10-39-42/h3-11,13-16,28,43H,12H2,1-2H3. The zero-order chi connectivity index (χ0) is 31.2. The molecule has 224 valence electrons. The lowest BCUT2D eigenvalue weighted by molar-refractivity contribution is -0.141. The molecule has 6 rings (SSSR count). The number of pyridine rings is 2. The molecule has 8 nitrogen and oxygen atoms in total. The molecule has 0 bridgehead atoms. The molecule has 0 amide bonds. The molecule has 0 aliphatic heterocycles. The highest BCUT2D eigenvalue weighted by Gasteiger charge is 2.32. The lowest BCUT2D eigenvalue weighted by atomic mass is 10.0. The van der Waals surface area contributed by atoms with Crippen molar-refractivity contribution in [2.24, 2.45) is 7.05 Å². The Balaban J connectivity index is 1.35. The number of rotatable bonds is 7. The fourth-order valence-electron chi connectivity index (χ4n) is 5.00. The van der Waals surface area contributed by atoms with Crippen LogP contribution in [0.4, 0.5) is 17.6 Å². The normalized spacial score (nSPS) is 12.5. The molecule has 0 fully saturated rings. The number of aliphatic hydroxyl groups is 1. The molecule has 2 aromatic carbocycles. The van der Waals surface area contributed by atoms with Crippen LogP contribution in [0.2, 0.25) is 5.02 Å². The van der Waals surface area contributed by atoms with Gasteiger partial charge in [-0.1, -0.05) is 29.8 Å². The number of aromatic nitrogens is 6. The van der Waals surface area contributed by atoms with Gasteiger partial charge in [0, 0.05) is 54.1 Å². The molecule has 0 spiro atoms. The number of alkyl halides is 3. The molecule has 4 heterocycles. The first-order chi connectivity index (χ1) is 21.0.